The number of ketones is 1. The van der Waals surface area contributed by atoms with Gasteiger partial charge in [-0.25, -0.2) is 0 Å². The Morgan fingerprint density at radius 2 is 2.07 bits per heavy atom. The molecule has 1 unspecified atom stereocenters. The Balaban J connectivity index is 3.02. The molecule has 0 bridgehead atoms. The minimum Gasteiger partial charge on any atom is -0.329 e. The van der Waals surface area contributed by atoms with E-state index in [4.69, 9.17) is 28.9 Å². The molecule has 82 valence electrons. The Morgan fingerprint density at radius 1 is 1.40 bits per heavy atom. The molecule has 1 rings (SSSR count). The van der Waals surface area contributed by atoms with Gasteiger partial charge < -0.3 is 5.73 Å². The minimum atomic E-state index is -0.273. The van der Waals surface area contributed by atoms with Gasteiger partial charge in [0, 0.05) is 13.0 Å². The van der Waals surface area contributed by atoms with Gasteiger partial charge in [0.15, 0.2) is 0 Å². The monoisotopic (exact) mass is 245 g/mol. The fourth-order valence-corrected chi connectivity index (χ4v) is 1.74. The number of rotatable bonds is 4. The summed E-state index contributed by atoms with van der Waals surface area (Å²) in [5.74, 6) is -0.152. The molecule has 0 aliphatic rings. The van der Waals surface area contributed by atoms with Crippen LogP contribution in [0.15, 0.2) is 18.2 Å². The van der Waals surface area contributed by atoms with Crippen molar-refractivity contribution in [3.05, 3.63) is 33.8 Å². The van der Waals surface area contributed by atoms with Crippen LogP contribution < -0.4 is 5.73 Å². The van der Waals surface area contributed by atoms with E-state index < -0.39 is 0 Å². The number of Topliss-reactive ketones (excluding diaryl/α,β-unsaturated/α-hetero) is 1. The highest BCUT2D eigenvalue weighted by molar-refractivity contribution is 6.42. The van der Waals surface area contributed by atoms with Crippen LogP contribution in [0, 0.1) is 0 Å². The number of nitrogens with two attached hydrogens (primary N) is 1. The second-order valence-electron chi connectivity index (χ2n) is 3.28. The highest BCUT2D eigenvalue weighted by atomic mass is 35.5. The molecule has 2 nitrogen and oxygen atoms in total. The maximum atomic E-state index is 11.6. The SMILES string of the molecule is CCC(=O)C(CN)c1ccc(Cl)c(Cl)c1. The summed E-state index contributed by atoms with van der Waals surface area (Å²) in [5, 5.41) is 0.941. The molecule has 2 N–H and O–H groups in total. The molecule has 1 atom stereocenters. The number of hydrogen-bond acceptors (Lipinski definition) is 2. The van der Waals surface area contributed by atoms with Crippen LogP contribution in [0.25, 0.3) is 0 Å². The lowest BCUT2D eigenvalue weighted by molar-refractivity contribution is -0.120. The molecule has 0 saturated carbocycles. The van der Waals surface area contributed by atoms with Gasteiger partial charge in [-0.1, -0.05) is 36.2 Å². The first-order valence-electron chi connectivity index (χ1n) is 4.77. The summed E-state index contributed by atoms with van der Waals surface area (Å²) in [4.78, 5) is 11.6. The average Bonchev–Trinajstić information content (AvgIpc) is 2.24. The molecule has 0 fully saturated rings. The average molecular weight is 246 g/mol. The van der Waals surface area contributed by atoms with E-state index >= 15 is 0 Å². The molecular formula is C11H13Cl2NO. The summed E-state index contributed by atoms with van der Waals surface area (Å²) < 4.78 is 0. The van der Waals surface area contributed by atoms with Crippen molar-refractivity contribution in [2.45, 2.75) is 19.3 Å². The van der Waals surface area contributed by atoms with Gasteiger partial charge in [-0.3, -0.25) is 4.79 Å². The number of halogens is 2. The van der Waals surface area contributed by atoms with E-state index in [9.17, 15) is 4.79 Å². The molecule has 0 aliphatic carbocycles. The molecule has 4 heteroatoms. The van der Waals surface area contributed by atoms with E-state index in [-0.39, 0.29) is 11.7 Å². The summed E-state index contributed by atoms with van der Waals surface area (Å²) in [5.41, 5.74) is 6.40. The largest absolute Gasteiger partial charge is 0.329 e. The Hall–Kier alpha value is -0.570. The normalized spacial score (nSPS) is 12.5. The highest BCUT2D eigenvalue weighted by Gasteiger charge is 2.17. The second-order valence-corrected chi connectivity index (χ2v) is 4.10. The zero-order chi connectivity index (χ0) is 11.4. The van der Waals surface area contributed by atoms with Crippen molar-refractivity contribution < 1.29 is 4.79 Å². The molecule has 0 spiro atoms. The summed E-state index contributed by atoms with van der Waals surface area (Å²) in [6.07, 6.45) is 0.474. The Morgan fingerprint density at radius 3 is 2.53 bits per heavy atom. The second kappa shape index (κ2) is 5.50. The van der Waals surface area contributed by atoms with Gasteiger partial charge in [0.25, 0.3) is 0 Å². The molecule has 0 radical (unpaired) electrons. The smallest absolute Gasteiger partial charge is 0.141 e. The fourth-order valence-electron chi connectivity index (χ4n) is 1.43. The predicted octanol–water partition coefficient (Wildman–Crippen LogP) is 3.01. The molecule has 0 saturated heterocycles. The summed E-state index contributed by atoms with van der Waals surface area (Å²) in [7, 11) is 0. The van der Waals surface area contributed by atoms with Gasteiger partial charge in [-0.2, -0.15) is 0 Å². The van der Waals surface area contributed by atoms with E-state index in [1.165, 1.54) is 0 Å². The lowest BCUT2D eigenvalue weighted by Gasteiger charge is -2.13. The van der Waals surface area contributed by atoms with E-state index in [1.54, 1.807) is 18.2 Å². The van der Waals surface area contributed by atoms with Gasteiger partial charge in [0.1, 0.15) is 5.78 Å². The summed E-state index contributed by atoms with van der Waals surface area (Å²) in [6, 6.07) is 5.18. The van der Waals surface area contributed by atoms with Crippen molar-refractivity contribution in [1.29, 1.82) is 0 Å². The topological polar surface area (TPSA) is 43.1 Å². The van der Waals surface area contributed by atoms with Crippen LogP contribution in [0.4, 0.5) is 0 Å². The number of carbonyl (C=O) groups excluding carboxylic acids is 1. The van der Waals surface area contributed by atoms with Crippen molar-refractivity contribution in [1.82, 2.24) is 0 Å². The van der Waals surface area contributed by atoms with Crippen LogP contribution in [-0.2, 0) is 4.79 Å². The molecule has 15 heavy (non-hydrogen) atoms. The summed E-state index contributed by atoms with van der Waals surface area (Å²) >= 11 is 11.7. The van der Waals surface area contributed by atoms with Crippen LogP contribution in [0.3, 0.4) is 0 Å². The lowest BCUT2D eigenvalue weighted by Crippen LogP contribution is -2.20. The van der Waals surface area contributed by atoms with Crippen molar-refractivity contribution in [2.75, 3.05) is 6.54 Å². The number of carbonyl (C=O) groups is 1. The Bertz CT molecular complexity index is 366. The van der Waals surface area contributed by atoms with Gasteiger partial charge >= 0.3 is 0 Å². The van der Waals surface area contributed by atoms with Crippen molar-refractivity contribution in [3.8, 4) is 0 Å². The number of benzene rings is 1. The van der Waals surface area contributed by atoms with Crippen LogP contribution in [0.5, 0.6) is 0 Å². The Kier molecular flexibility index (Phi) is 4.58. The zero-order valence-electron chi connectivity index (χ0n) is 8.47. The first-order chi connectivity index (χ1) is 7.10. The first-order valence-corrected chi connectivity index (χ1v) is 5.53. The van der Waals surface area contributed by atoms with E-state index in [0.717, 1.165) is 5.56 Å². The standard InChI is InChI=1S/C11H13Cl2NO/c1-2-11(15)8(6-14)7-3-4-9(12)10(13)5-7/h3-5,8H,2,6,14H2,1H3. The lowest BCUT2D eigenvalue weighted by atomic mass is 9.93. The summed E-state index contributed by atoms with van der Waals surface area (Å²) in [6.45, 7) is 2.12. The van der Waals surface area contributed by atoms with Crippen molar-refractivity contribution >= 4 is 29.0 Å². The third-order valence-electron chi connectivity index (χ3n) is 2.32. The Labute approximate surface area is 99.4 Å². The van der Waals surface area contributed by atoms with Gasteiger partial charge in [-0.05, 0) is 17.7 Å². The fraction of sp³-hybridized carbons (Fsp3) is 0.364. The van der Waals surface area contributed by atoms with Crippen LogP contribution in [0.2, 0.25) is 10.0 Å². The van der Waals surface area contributed by atoms with Gasteiger partial charge in [0.05, 0.1) is 16.0 Å². The maximum absolute atomic E-state index is 11.6. The molecule has 0 amide bonds. The van der Waals surface area contributed by atoms with Gasteiger partial charge in [-0.15, -0.1) is 0 Å². The third kappa shape index (κ3) is 2.94. The van der Waals surface area contributed by atoms with E-state index in [1.807, 2.05) is 6.92 Å². The third-order valence-corrected chi connectivity index (χ3v) is 3.06. The predicted molar refractivity (Wildman–Crippen MR) is 63.6 cm³/mol. The van der Waals surface area contributed by atoms with Crippen molar-refractivity contribution in [3.63, 3.8) is 0 Å². The molecule has 1 aromatic carbocycles. The molecule has 0 aliphatic heterocycles. The van der Waals surface area contributed by atoms with Crippen LogP contribution in [-0.4, -0.2) is 12.3 Å². The number of hydrogen-bond donors (Lipinski definition) is 1. The van der Waals surface area contributed by atoms with Gasteiger partial charge in [0.2, 0.25) is 0 Å². The first kappa shape index (κ1) is 12.5. The molecule has 0 heterocycles. The highest BCUT2D eigenvalue weighted by Crippen LogP contribution is 2.27. The van der Waals surface area contributed by atoms with E-state index in [0.29, 0.717) is 23.0 Å². The maximum Gasteiger partial charge on any atom is 0.141 e. The molecular weight excluding hydrogens is 233 g/mol. The zero-order valence-corrected chi connectivity index (χ0v) is 9.98. The molecule has 0 aromatic heterocycles. The van der Waals surface area contributed by atoms with E-state index in [2.05, 4.69) is 0 Å². The van der Waals surface area contributed by atoms with Crippen molar-refractivity contribution in [2.24, 2.45) is 5.73 Å². The van der Waals surface area contributed by atoms with Crippen LogP contribution in [0.1, 0.15) is 24.8 Å². The van der Waals surface area contributed by atoms with Crippen LogP contribution >= 0.6 is 23.2 Å². The molecule has 1 aromatic rings. The minimum absolute atomic E-state index is 0.121. The quantitative estimate of drug-likeness (QED) is 0.887.